The zero-order valence-corrected chi connectivity index (χ0v) is 9.39. The number of hydrogen-bond donors (Lipinski definition) is 2. The van der Waals surface area contributed by atoms with Gasteiger partial charge in [0.25, 0.3) is 0 Å². The molecule has 17 heavy (non-hydrogen) atoms. The van der Waals surface area contributed by atoms with Crippen molar-refractivity contribution in [2.24, 2.45) is 5.73 Å². The highest BCUT2D eigenvalue weighted by atomic mass is 16.5. The molecule has 0 aliphatic carbocycles. The Labute approximate surface area is 99.2 Å². The summed E-state index contributed by atoms with van der Waals surface area (Å²) in [5.41, 5.74) is 5.13. The van der Waals surface area contributed by atoms with Gasteiger partial charge >= 0.3 is 0 Å². The first-order valence-corrected chi connectivity index (χ1v) is 5.33. The van der Waals surface area contributed by atoms with E-state index >= 15 is 0 Å². The van der Waals surface area contributed by atoms with Gasteiger partial charge in [0.1, 0.15) is 11.5 Å². The number of phenolic OH excluding ortho intramolecular Hbond substituents is 1. The minimum atomic E-state index is -0.337. The highest BCUT2D eigenvalue weighted by Gasteiger charge is 2.07. The van der Waals surface area contributed by atoms with Crippen molar-refractivity contribution in [1.82, 2.24) is 0 Å². The summed E-state index contributed by atoms with van der Waals surface area (Å²) < 4.78 is 5.35. The summed E-state index contributed by atoms with van der Waals surface area (Å²) in [7, 11) is 0. The molecule has 0 aliphatic rings. The first-order valence-electron chi connectivity index (χ1n) is 5.33. The predicted molar refractivity (Wildman–Crippen MR) is 62.0 cm³/mol. The zero-order chi connectivity index (χ0) is 12.7. The van der Waals surface area contributed by atoms with E-state index in [-0.39, 0.29) is 17.2 Å². The number of aromatic hydroxyl groups is 1. The average Bonchev–Trinajstić information content (AvgIpc) is 2.28. The van der Waals surface area contributed by atoms with Gasteiger partial charge in [0.05, 0.1) is 12.2 Å². The van der Waals surface area contributed by atoms with Gasteiger partial charge in [-0.05, 0) is 25.0 Å². The Morgan fingerprint density at radius 2 is 2.18 bits per heavy atom. The van der Waals surface area contributed by atoms with E-state index in [1.54, 1.807) is 12.1 Å². The maximum Gasteiger partial charge on any atom is 0.217 e. The molecule has 5 nitrogen and oxygen atoms in total. The topological polar surface area (TPSA) is 89.6 Å². The number of unbranched alkanes of at least 4 members (excludes halogenated alkanes) is 1. The van der Waals surface area contributed by atoms with Crippen LogP contribution < -0.4 is 10.5 Å². The molecule has 1 aromatic rings. The second-order valence-corrected chi connectivity index (χ2v) is 3.58. The van der Waals surface area contributed by atoms with E-state index in [1.165, 1.54) is 6.07 Å². The quantitative estimate of drug-likeness (QED) is 0.551. The van der Waals surface area contributed by atoms with Crippen LogP contribution in [0.25, 0.3) is 0 Å². The van der Waals surface area contributed by atoms with Gasteiger partial charge in [-0.25, -0.2) is 0 Å². The van der Waals surface area contributed by atoms with Crippen molar-refractivity contribution in [3.05, 3.63) is 23.8 Å². The highest BCUT2D eigenvalue weighted by molar-refractivity contribution is 5.83. The van der Waals surface area contributed by atoms with Crippen molar-refractivity contribution in [3.8, 4) is 11.5 Å². The summed E-state index contributed by atoms with van der Waals surface area (Å²) in [4.78, 5) is 21.2. The van der Waals surface area contributed by atoms with E-state index in [9.17, 15) is 14.7 Å². The van der Waals surface area contributed by atoms with Crippen LogP contribution in [0.3, 0.4) is 0 Å². The lowest BCUT2D eigenvalue weighted by atomic mass is 10.2. The van der Waals surface area contributed by atoms with Crippen molar-refractivity contribution in [2.75, 3.05) is 6.61 Å². The third-order valence-electron chi connectivity index (χ3n) is 2.24. The molecule has 0 fully saturated rings. The van der Waals surface area contributed by atoms with Crippen molar-refractivity contribution in [2.45, 2.75) is 19.3 Å². The molecule has 0 aliphatic heterocycles. The normalized spacial score (nSPS) is 9.88. The third-order valence-corrected chi connectivity index (χ3v) is 2.24. The van der Waals surface area contributed by atoms with Crippen LogP contribution in [0.5, 0.6) is 11.5 Å². The Bertz CT molecular complexity index is 403. The molecule has 5 heteroatoms. The molecule has 1 rings (SSSR count). The summed E-state index contributed by atoms with van der Waals surface area (Å²) in [5, 5.41) is 9.39. The second-order valence-electron chi connectivity index (χ2n) is 3.58. The van der Waals surface area contributed by atoms with E-state index in [0.717, 1.165) is 0 Å². The molecule has 0 bridgehead atoms. The Hall–Kier alpha value is -2.04. The Kier molecular flexibility index (Phi) is 5.00. The molecule has 0 atom stereocenters. The molecule has 0 unspecified atom stereocenters. The van der Waals surface area contributed by atoms with E-state index in [4.69, 9.17) is 10.5 Å². The Morgan fingerprint density at radius 3 is 2.82 bits per heavy atom. The summed E-state index contributed by atoms with van der Waals surface area (Å²) in [6.45, 7) is 0.373. The SMILES string of the molecule is NC(=O)CCCCOc1cccc(O)c1C=O. The minimum Gasteiger partial charge on any atom is -0.507 e. The number of carbonyl (C=O) groups excluding carboxylic acids is 2. The summed E-state index contributed by atoms with van der Waals surface area (Å²) >= 11 is 0. The van der Waals surface area contributed by atoms with E-state index in [1.807, 2.05) is 0 Å². The lowest BCUT2D eigenvalue weighted by molar-refractivity contribution is -0.118. The first-order chi connectivity index (χ1) is 8.15. The van der Waals surface area contributed by atoms with Crippen molar-refractivity contribution in [3.63, 3.8) is 0 Å². The van der Waals surface area contributed by atoms with Gasteiger partial charge in [0, 0.05) is 6.42 Å². The zero-order valence-electron chi connectivity index (χ0n) is 9.39. The van der Waals surface area contributed by atoms with Crippen LogP contribution in [-0.2, 0) is 4.79 Å². The molecule has 1 aromatic carbocycles. The van der Waals surface area contributed by atoms with Gasteiger partial charge in [-0.2, -0.15) is 0 Å². The Morgan fingerprint density at radius 1 is 1.41 bits per heavy atom. The molecular weight excluding hydrogens is 222 g/mol. The van der Waals surface area contributed by atoms with Crippen LogP contribution in [0, 0.1) is 0 Å². The van der Waals surface area contributed by atoms with Crippen LogP contribution in [0.15, 0.2) is 18.2 Å². The fraction of sp³-hybridized carbons (Fsp3) is 0.333. The number of primary amides is 1. The number of benzene rings is 1. The fourth-order valence-electron chi connectivity index (χ4n) is 1.36. The van der Waals surface area contributed by atoms with Crippen LogP contribution in [-0.4, -0.2) is 23.9 Å². The molecule has 3 N–H and O–H groups in total. The van der Waals surface area contributed by atoms with Gasteiger partial charge in [0.2, 0.25) is 5.91 Å². The molecule has 0 radical (unpaired) electrons. The largest absolute Gasteiger partial charge is 0.507 e. The van der Waals surface area contributed by atoms with Crippen LogP contribution in [0.4, 0.5) is 0 Å². The number of carbonyl (C=O) groups is 2. The third kappa shape index (κ3) is 4.14. The first kappa shape index (κ1) is 13.0. The van der Waals surface area contributed by atoms with Crippen molar-refractivity contribution in [1.29, 1.82) is 0 Å². The minimum absolute atomic E-state index is 0.102. The van der Waals surface area contributed by atoms with Gasteiger partial charge in [-0.15, -0.1) is 0 Å². The summed E-state index contributed by atoms with van der Waals surface area (Å²) in [6.07, 6.45) is 2.18. The molecule has 0 heterocycles. The molecule has 92 valence electrons. The average molecular weight is 237 g/mol. The number of phenols is 1. The molecule has 0 saturated carbocycles. The van der Waals surface area contributed by atoms with Crippen LogP contribution in [0.2, 0.25) is 0 Å². The summed E-state index contributed by atoms with van der Waals surface area (Å²) in [6, 6.07) is 4.63. The maximum atomic E-state index is 10.7. The predicted octanol–water partition coefficient (Wildman–Crippen LogP) is 1.24. The lowest BCUT2D eigenvalue weighted by Crippen LogP contribution is -2.10. The van der Waals surface area contributed by atoms with Crippen LogP contribution >= 0.6 is 0 Å². The van der Waals surface area contributed by atoms with Gasteiger partial charge < -0.3 is 15.6 Å². The highest BCUT2D eigenvalue weighted by Crippen LogP contribution is 2.25. The molecule has 0 aromatic heterocycles. The number of ether oxygens (including phenoxy) is 1. The van der Waals surface area contributed by atoms with Gasteiger partial charge in [-0.1, -0.05) is 6.07 Å². The maximum absolute atomic E-state index is 10.7. The van der Waals surface area contributed by atoms with Crippen LogP contribution in [0.1, 0.15) is 29.6 Å². The van der Waals surface area contributed by atoms with E-state index < -0.39 is 0 Å². The number of aldehydes is 1. The molecular formula is C12H15NO4. The van der Waals surface area contributed by atoms with E-state index in [2.05, 4.69) is 0 Å². The lowest BCUT2D eigenvalue weighted by Gasteiger charge is -2.08. The molecule has 0 saturated heterocycles. The monoisotopic (exact) mass is 237 g/mol. The molecule has 1 amide bonds. The van der Waals surface area contributed by atoms with Gasteiger partial charge in [0.15, 0.2) is 6.29 Å². The number of amides is 1. The molecule has 0 spiro atoms. The summed E-state index contributed by atoms with van der Waals surface area (Å²) in [5.74, 6) is -0.0929. The number of hydrogen-bond acceptors (Lipinski definition) is 4. The number of rotatable bonds is 7. The standard InChI is InChI=1S/C12H15NO4/c13-12(16)6-1-2-7-17-11-5-3-4-10(15)9(11)8-14/h3-5,8,15H,1-2,6-7H2,(H2,13,16). The smallest absolute Gasteiger partial charge is 0.217 e. The fourth-order valence-corrected chi connectivity index (χ4v) is 1.36. The van der Waals surface area contributed by atoms with E-state index in [0.29, 0.717) is 37.9 Å². The van der Waals surface area contributed by atoms with Crippen molar-refractivity contribution >= 4 is 12.2 Å². The van der Waals surface area contributed by atoms with Crippen molar-refractivity contribution < 1.29 is 19.4 Å². The Balaban J connectivity index is 2.44. The second kappa shape index (κ2) is 6.52. The van der Waals surface area contributed by atoms with Gasteiger partial charge in [-0.3, -0.25) is 9.59 Å². The number of nitrogens with two attached hydrogens (primary N) is 1.